The van der Waals surface area contributed by atoms with Crippen molar-refractivity contribution in [2.24, 2.45) is 0 Å². The molecule has 0 aliphatic heterocycles. The van der Waals surface area contributed by atoms with E-state index < -0.39 is 0 Å². The Morgan fingerprint density at radius 3 is 2.74 bits per heavy atom. The predicted molar refractivity (Wildman–Crippen MR) is 134 cm³/mol. The van der Waals surface area contributed by atoms with Gasteiger partial charge in [0.15, 0.2) is 5.82 Å². The van der Waals surface area contributed by atoms with Crippen LogP contribution in [-0.4, -0.2) is 48.3 Å². The van der Waals surface area contributed by atoms with E-state index in [1.807, 2.05) is 17.7 Å². The second kappa shape index (κ2) is 11.2. The molecular weight excluding hydrogens is 428 g/mol. The van der Waals surface area contributed by atoms with Gasteiger partial charge in [-0.3, -0.25) is 9.69 Å². The normalized spacial score (nSPS) is 15.9. The summed E-state index contributed by atoms with van der Waals surface area (Å²) in [7, 11) is 0. The second-order valence-electron chi connectivity index (χ2n) is 9.80. The van der Waals surface area contributed by atoms with E-state index in [1.54, 1.807) is 0 Å². The van der Waals surface area contributed by atoms with Gasteiger partial charge in [-0.25, -0.2) is 4.68 Å². The molecule has 0 spiro atoms. The SMILES string of the molecule is CCC[C@H](c1nnnn1C1CCCCC1)N(CCCO)Cc1cc2cc(C)cc(C)c2[nH]c1=O. The van der Waals surface area contributed by atoms with Gasteiger partial charge in [-0.2, -0.15) is 0 Å². The molecule has 1 aliphatic carbocycles. The molecule has 2 aromatic heterocycles. The van der Waals surface area contributed by atoms with Gasteiger partial charge < -0.3 is 10.1 Å². The van der Waals surface area contributed by atoms with Gasteiger partial charge in [0.05, 0.1) is 17.6 Å². The molecule has 0 amide bonds. The van der Waals surface area contributed by atoms with Gasteiger partial charge in [0.1, 0.15) is 0 Å². The third kappa shape index (κ3) is 5.39. The predicted octanol–water partition coefficient (Wildman–Crippen LogP) is 4.36. The van der Waals surface area contributed by atoms with Crippen molar-refractivity contribution in [1.29, 1.82) is 0 Å². The van der Waals surface area contributed by atoms with Gasteiger partial charge in [0, 0.05) is 25.3 Å². The Hall–Kier alpha value is -2.58. The van der Waals surface area contributed by atoms with Crippen LogP contribution >= 0.6 is 0 Å². The van der Waals surface area contributed by atoms with Gasteiger partial charge in [-0.1, -0.05) is 44.2 Å². The zero-order valence-corrected chi connectivity index (χ0v) is 20.8. The van der Waals surface area contributed by atoms with Gasteiger partial charge in [0.2, 0.25) is 0 Å². The van der Waals surface area contributed by atoms with Crippen molar-refractivity contribution in [1.82, 2.24) is 30.1 Å². The fraction of sp³-hybridized carbons (Fsp3) is 0.615. The number of rotatable bonds is 10. The van der Waals surface area contributed by atoms with Crippen LogP contribution in [-0.2, 0) is 6.54 Å². The molecule has 1 fully saturated rings. The van der Waals surface area contributed by atoms with Crippen molar-refractivity contribution in [2.75, 3.05) is 13.2 Å². The van der Waals surface area contributed by atoms with Gasteiger partial charge in [0.25, 0.3) is 5.56 Å². The van der Waals surface area contributed by atoms with Crippen molar-refractivity contribution < 1.29 is 5.11 Å². The Kier molecular flexibility index (Phi) is 8.11. The molecular formula is C26H38N6O2. The first-order chi connectivity index (χ1) is 16.5. The van der Waals surface area contributed by atoms with Crippen LogP contribution in [0.4, 0.5) is 0 Å². The molecule has 34 heavy (non-hydrogen) atoms. The number of aliphatic hydroxyl groups excluding tert-OH is 1. The highest BCUT2D eigenvalue weighted by Gasteiger charge is 2.29. The molecule has 2 N–H and O–H groups in total. The fourth-order valence-electron chi connectivity index (χ4n) is 5.44. The number of tetrazole rings is 1. The number of fused-ring (bicyclic) bond motifs is 1. The summed E-state index contributed by atoms with van der Waals surface area (Å²) >= 11 is 0. The standard InChI is InChI=1S/C26H38N6O2/c1-4-9-23(25-28-29-30-32(25)22-10-6-5-7-11-22)31(12-8-13-33)17-21-16-20-15-18(2)14-19(3)24(20)27-26(21)34/h14-16,22-23,33H,4-13,17H2,1-3H3,(H,27,34)/t23-/m1/s1. The Labute approximate surface area is 201 Å². The van der Waals surface area contributed by atoms with E-state index in [1.165, 1.54) is 24.8 Å². The Morgan fingerprint density at radius 1 is 1.21 bits per heavy atom. The molecule has 1 aliphatic rings. The Balaban J connectivity index is 1.70. The van der Waals surface area contributed by atoms with E-state index in [0.29, 0.717) is 25.6 Å². The highest BCUT2D eigenvalue weighted by Crippen LogP contribution is 2.32. The summed E-state index contributed by atoms with van der Waals surface area (Å²) in [6, 6.07) is 6.56. The molecule has 0 unspecified atom stereocenters. The summed E-state index contributed by atoms with van der Waals surface area (Å²) in [6.45, 7) is 7.53. The maximum atomic E-state index is 13.1. The van der Waals surface area contributed by atoms with Crippen LogP contribution in [0.5, 0.6) is 0 Å². The number of aliphatic hydroxyl groups is 1. The third-order valence-electron chi connectivity index (χ3n) is 7.09. The maximum absolute atomic E-state index is 13.1. The van der Waals surface area contributed by atoms with Gasteiger partial charge in [-0.15, -0.1) is 5.10 Å². The number of aromatic nitrogens is 5. The van der Waals surface area contributed by atoms with E-state index in [2.05, 4.69) is 51.4 Å². The monoisotopic (exact) mass is 466 g/mol. The summed E-state index contributed by atoms with van der Waals surface area (Å²) in [6.07, 6.45) is 8.41. The van der Waals surface area contributed by atoms with Crippen LogP contribution in [0.3, 0.4) is 0 Å². The van der Waals surface area contributed by atoms with Crippen molar-refractivity contribution in [3.05, 3.63) is 51.1 Å². The van der Waals surface area contributed by atoms with Crippen LogP contribution < -0.4 is 5.56 Å². The quantitative estimate of drug-likeness (QED) is 0.460. The summed E-state index contributed by atoms with van der Waals surface area (Å²) in [5, 5.41) is 23.6. The lowest BCUT2D eigenvalue weighted by atomic mass is 9.95. The van der Waals surface area contributed by atoms with Crippen molar-refractivity contribution >= 4 is 10.9 Å². The minimum atomic E-state index is -0.0597. The van der Waals surface area contributed by atoms with Gasteiger partial charge >= 0.3 is 0 Å². The first kappa shape index (κ1) is 24.5. The average Bonchev–Trinajstić information content (AvgIpc) is 3.31. The summed E-state index contributed by atoms with van der Waals surface area (Å²) in [5.41, 5.74) is 3.82. The summed E-state index contributed by atoms with van der Waals surface area (Å²) in [4.78, 5) is 18.5. The van der Waals surface area contributed by atoms with Crippen molar-refractivity contribution in [3.63, 3.8) is 0 Å². The molecule has 1 aromatic carbocycles. The molecule has 0 saturated heterocycles. The maximum Gasteiger partial charge on any atom is 0.252 e. The van der Waals surface area contributed by atoms with Gasteiger partial charge in [-0.05, 0) is 73.0 Å². The van der Waals surface area contributed by atoms with E-state index >= 15 is 0 Å². The van der Waals surface area contributed by atoms with E-state index in [4.69, 9.17) is 0 Å². The Bertz CT molecular complexity index is 1150. The van der Waals surface area contributed by atoms with E-state index in [-0.39, 0.29) is 18.2 Å². The highest BCUT2D eigenvalue weighted by molar-refractivity contribution is 5.82. The number of hydrogen-bond acceptors (Lipinski definition) is 6. The van der Waals surface area contributed by atoms with Crippen LogP contribution in [0.15, 0.2) is 23.0 Å². The number of benzene rings is 1. The molecule has 8 heteroatoms. The number of nitrogens with zero attached hydrogens (tertiary/aromatic N) is 5. The molecule has 0 radical (unpaired) electrons. The largest absolute Gasteiger partial charge is 0.396 e. The van der Waals surface area contributed by atoms with Crippen LogP contribution in [0, 0.1) is 13.8 Å². The summed E-state index contributed by atoms with van der Waals surface area (Å²) in [5.74, 6) is 0.885. The van der Waals surface area contributed by atoms with Crippen LogP contribution in [0.25, 0.3) is 10.9 Å². The fourth-order valence-corrected chi connectivity index (χ4v) is 5.44. The highest BCUT2D eigenvalue weighted by atomic mass is 16.3. The van der Waals surface area contributed by atoms with Crippen molar-refractivity contribution in [2.45, 2.75) is 90.8 Å². The van der Waals surface area contributed by atoms with Crippen molar-refractivity contribution in [3.8, 4) is 0 Å². The molecule has 2 heterocycles. The zero-order valence-electron chi connectivity index (χ0n) is 20.8. The number of pyridine rings is 1. The number of hydrogen-bond donors (Lipinski definition) is 2. The lowest BCUT2D eigenvalue weighted by molar-refractivity contribution is 0.143. The number of H-pyrrole nitrogens is 1. The lowest BCUT2D eigenvalue weighted by Gasteiger charge is -2.32. The molecule has 3 aromatic rings. The smallest absolute Gasteiger partial charge is 0.252 e. The minimum Gasteiger partial charge on any atom is -0.396 e. The second-order valence-corrected chi connectivity index (χ2v) is 9.80. The zero-order chi connectivity index (χ0) is 24.1. The topological polar surface area (TPSA) is 99.9 Å². The number of aromatic amines is 1. The number of nitrogens with one attached hydrogen (secondary N) is 1. The van der Waals surface area contributed by atoms with E-state index in [9.17, 15) is 9.90 Å². The molecule has 0 bridgehead atoms. The molecule has 8 nitrogen and oxygen atoms in total. The molecule has 1 atom stereocenters. The average molecular weight is 467 g/mol. The molecule has 184 valence electrons. The van der Waals surface area contributed by atoms with Crippen LogP contribution in [0.2, 0.25) is 0 Å². The van der Waals surface area contributed by atoms with Crippen LogP contribution in [0.1, 0.15) is 92.9 Å². The molecule has 4 rings (SSSR count). The number of aryl methyl sites for hydroxylation is 2. The first-order valence-corrected chi connectivity index (χ1v) is 12.8. The lowest BCUT2D eigenvalue weighted by Crippen LogP contribution is -2.34. The summed E-state index contributed by atoms with van der Waals surface area (Å²) < 4.78 is 2.04. The third-order valence-corrected chi connectivity index (χ3v) is 7.09. The Morgan fingerprint density at radius 2 is 2.00 bits per heavy atom. The van der Waals surface area contributed by atoms with E-state index in [0.717, 1.165) is 53.5 Å². The minimum absolute atomic E-state index is 0.0113. The first-order valence-electron chi connectivity index (χ1n) is 12.8. The molecule has 1 saturated carbocycles.